The molecule has 0 atom stereocenters. The number of hydrogen-bond acceptors (Lipinski definition) is 5. The Bertz CT molecular complexity index is 649. The summed E-state index contributed by atoms with van der Waals surface area (Å²) in [6, 6.07) is 7.53. The smallest absolute Gasteiger partial charge is 0.520 e. The third-order valence-corrected chi connectivity index (χ3v) is 2.74. The van der Waals surface area contributed by atoms with Crippen LogP contribution in [0.4, 0.5) is 0 Å². The Labute approximate surface area is 110 Å². The molecule has 94 valence electrons. The first-order chi connectivity index (χ1) is 9.13. The van der Waals surface area contributed by atoms with Gasteiger partial charge < -0.3 is 13.7 Å². The van der Waals surface area contributed by atoms with E-state index in [0.29, 0.717) is 23.3 Å². The average Bonchev–Trinajstić information content (AvgIpc) is 2.97. The lowest BCUT2D eigenvalue weighted by Crippen LogP contribution is -2.31. The molecule has 0 amide bonds. The largest absolute Gasteiger partial charge is 0.632 e. The molecular formula is C13H11BN2O3. The van der Waals surface area contributed by atoms with Crippen molar-refractivity contribution in [3.05, 3.63) is 54.8 Å². The van der Waals surface area contributed by atoms with Gasteiger partial charge in [-0.2, -0.15) is 0 Å². The second kappa shape index (κ2) is 4.31. The summed E-state index contributed by atoms with van der Waals surface area (Å²) in [5.41, 5.74) is 1.65. The van der Waals surface area contributed by atoms with E-state index in [2.05, 4.69) is 23.4 Å². The highest BCUT2D eigenvalue weighted by Crippen LogP contribution is 2.22. The van der Waals surface area contributed by atoms with E-state index >= 15 is 0 Å². The molecule has 0 aliphatic carbocycles. The Morgan fingerprint density at radius 1 is 1.11 bits per heavy atom. The predicted octanol–water partition coefficient (Wildman–Crippen LogP) is 1.81. The standard InChI is InChI=1S/C13H11BN2O3/c1-8-9(2)19-14(18-8)12-6-4-5-11(7-12)13-16-15-10(3)17-13/h4-7H,1-2H2,3H3. The maximum absolute atomic E-state index is 5.47. The van der Waals surface area contributed by atoms with Crippen LogP contribution < -0.4 is 5.46 Å². The zero-order valence-corrected chi connectivity index (χ0v) is 10.4. The Kier molecular flexibility index (Phi) is 2.63. The second-order valence-corrected chi connectivity index (χ2v) is 4.17. The van der Waals surface area contributed by atoms with Gasteiger partial charge in [0.15, 0.2) is 0 Å². The highest BCUT2D eigenvalue weighted by atomic mass is 16.6. The molecule has 1 aliphatic heterocycles. The first-order valence-electron chi connectivity index (χ1n) is 5.75. The van der Waals surface area contributed by atoms with Crippen molar-refractivity contribution in [2.45, 2.75) is 6.92 Å². The zero-order valence-electron chi connectivity index (χ0n) is 10.4. The molecule has 5 nitrogen and oxygen atoms in total. The van der Waals surface area contributed by atoms with Gasteiger partial charge in [0, 0.05) is 17.9 Å². The van der Waals surface area contributed by atoms with Gasteiger partial charge in [0.05, 0.1) is 0 Å². The van der Waals surface area contributed by atoms with Crippen LogP contribution in [0.2, 0.25) is 0 Å². The molecule has 0 unspecified atom stereocenters. The van der Waals surface area contributed by atoms with Crippen LogP contribution in [0.5, 0.6) is 0 Å². The molecule has 2 aromatic rings. The van der Waals surface area contributed by atoms with E-state index in [-0.39, 0.29) is 0 Å². The lowest BCUT2D eigenvalue weighted by molar-refractivity contribution is 0.431. The molecule has 0 bridgehead atoms. The van der Waals surface area contributed by atoms with Crippen molar-refractivity contribution in [1.29, 1.82) is 0 Å². The summed E-state index contributed by atoms with van der Waals surface area (Å²) in [7, 11) is -0.524. The van der Waals surface area contributed by atoms with Crippen LogP contribution in [-0.2, 0) is 9.31 Å². The Balaban J connectivity index is 1.92. The van der Waals surface area contributed by atoms with Gasteiger partial charge in [-0.05, 0) is 12.1 Å². The maximum atomic E-state index is 5.47. The third-order valence-electron chi connectivity index (χ3n) is 2.74. The topological polar surface area (TPSA) is 57.4 Å². The summed E-state index contributed by atoms with van der Waals surface area (Å²) in [5, 5.41) is 7.79. The SMILES string of the molecule is C=C1OB(c2cccc(-c3nnc(C)o3)c2)OC1=C. The Morgan fingerprint density at radius 3 is 2.47 bits per heavy atom. The van der Waals surface area contributed by atoms with E-state index in [1.807, 2.05) is 24.3 Å². The van der Waals surface area contributed by atoms with Crippen LogP contribution in [0.1, 0.15) is 5.89 Å². The fraction of sp³-hybridized carbons (Fsp3) is 0.0769. The molecule has 1 aromatic heterocycles. The highest BCUT2D eigenvalue weighted by Gasteiger charge is 2.34. The normalized spacial score (nSPS) is 14.5. The van der Waals surface area contributed by atoms with E-state index in [1.165, 1.54) is 0 Å². The van der Waals surface area contributed by atoms with Crippen LogP contribution in [0.15, 0.2) is 53.4 Å². The molecule has 0 saturated carbocycles. The van der Waals surface area contributed by atoms with Crippen LogP contribution >= 0.6 is 0 Å². The predicted molar refractivity (Wildman–Crippen MR) is 70.3 cm³/mol. The first-order valence-corrected chi connectivity index (χ1v) is 5.75. The molecule has 1 aromatic carbocycles. The number of aromatic nitrogens is 2. The Hall–Kier alpha value is -2.50. The molecule has 0 spiro atoms. The monoisotopic (exact) mass is 254 g/mol. The summed E-state index contributed by atoms with van der Waals surface area (Å²) in [4.78, 5) is 0. The molecule has 2 heterocycles. The van der Waals surface area contributed by atoms with Gasteiger partial charge in [0.1, 0.15) is 11.5 Å². The summed E-state index contributed by atoms with van der Waals surface area (Å²) in [6.45, 7) is 9.16. The molecule has 1 fully saturated rings. The van der Waals surface area contributed by atoms with Gasteiger partial charge in [-0.3, -0.25) is 0 Å². The quantitative estimate of drug-likeness (QED) is 0.765. The fourth-order valence-corrected chi connectivity index (χ4v) is 1.78. The van der Waals surface area contributed by atoms with E-state index in [4.69, 9.17) is 13.7 Å². The van der Waals surface area contributed by atoms with Gasteiger partial charge in [-0.15, -0.1) is 10.2 Å². The third kappa shape index (κ3) is 2.12. The first kappa shape index (κ1) is 11.6. The van der Waals surface area contributed by atoms with Gasteiger partial charge in [0.2, 0.25) is 11.8 Å². The van der Waals surface area contributed by atoms with Crippen molar-refractivity contribution in [2.75, 3.05) is 0 Å². The van der Waals surface area contributed by atoms with Gasteiger partial charge >= 0.3 is 7.12 Å². The van der Waals surface area contributed by atoms with E-state index in [1.54, 1.807) is 6.92 Å². The van der Waals surface area contributed by atoms with Crippen molar-refractivity contribution in [3.63, 3.8) is 0 Å². The Morgan fingerprint density at radius 2 is 1.84 bits per heavy atom. The van der Waals surface area contributed by atoms with Crippen molar-refractivity contribution < 1.29 is 13.7 Å². The molecule has 3 rings (SSSR count). The van der Waals surface area contributed by atoms with E-state index < -0.39 is 7.12 Å². The average molecular weight is 254 g/mol. The molecule has 1 aliphatic rings. The summed E-state index contributed by atoms with van der Waals surface area (Å²) in [5.74, 6) is 1.89. The molecule has 1 saturated heterocycles. The lowest BCUT2D eigenvalue weighted by Gasteiger charge is -2.04. The number of rotatable bonds is 2. The molecule has 0 N–H and O–H groups in total. The zero-order chi connectivity index (χ0) is 13.4. The molecule has 6 heteroatoms. The number of benzene rings is 1. The summed E-state index contributed by atoms with van der Waals surface area (Å²) < 4.78 is 16.3. The molecular weight excluding hydrogens is 243 g/mol. The number of hydrogen-bond donors (Lipinski definition) is 0. The number of aryl methyl sites for hydroxylation is 1. The minimum atomic E-state index is -0.524. The van der Waals surface area contributed by atoms with Crippen molar-refractivity contribution in [3.8, 4) is 11.5 Å². The minimum Gasteiger partial charge on any atom is -0.520 e. The van der Waals surface area contributed by atoms with Crippen LogP contribution in [0.25, 0.3) is 11.5 Å². The molecule has 19 heavy (non-hydrogen) atoms. The van der Waals surface area contributed by atoms with Crippen molar-refractivity contribution in [2.24, 2.45) is 0 Å². The maximum Gasteiger partial charge on any atom is 0.632 e. The van der Waals surface area contributed by atoms with Crippen molar-refractivity contribution >= 4 is 12.6 Å². The summed E-state index contributed by atoms with van der Waals surface area (Å²) in [6.07, 6.45) is 0. The van der Waals surface area contributed by atoms with E-state index in [9.17, 15) is 0 Å². The van der Waals surface area contributed by atoms with Gasteiger partial charge in [-0.1, -0.05) is 25.3 Å². The van der Waals surface area contributed by atoms with Gasteiger partial charge in [-0.25, -0.2) is 0 Å². The van der Waals surface area contributed by atoms with Crippen LogP contribution in [0.3, 0.4) is 0 Å². The number of nitrogens with zero attached hydrogens (tertiary/aromatic N) is 2. The van der Waals surface area contributed by atoms with Gasteiger partial charge in [0.25, 0.3) is 0 Å². The van der Waals surface area contributed by atoms with Crippen LogP contribution in [-0.4, -0.2) is 17.3 Å². The molecule has 0 radical (unpaired) electrons. The minimum absolute atomic E-state index is 0.448. The summed E-state index contributed by atoms with van der Waals surface area (Å²) >= 11 is 0. The highest BCUT2D eigenvalue weighted by molar-refractivity contribution is 6.62. The second-order valence-electron chi connectivity index (χ2n) is 4.17. The van der Waals surface area contributed by atoms with Crippen molar-refractivity contribution in [1.82, 2.24) is 10.2 Å². The van der Waals surface area contributed by atoms with Crippen LogP contribution in [0, 0.1) is 6.92 Å². The van der Waals surface area contributed by atoms with E-state index in [0.717, 1.165) is 11.0 Å². The fourth-order valence-electron chi connectivity index (χ4n) is 1.78. The lowest BCUT2D eigenvalue weighted by atomic mass is 9.79.